The van der Waals surface area contributed by atoms with Gasteiger partial charge in [0, 0.05) is 0 Å². The van der Waals surface area contributed by atoms with Gasteiger partial charge in [0.15, 0.2) is 11.3 Å². The molecule has 5 heteroatoms. The van der Waals surface area contributed by atoms with Gasteiger partial charge in [-0.15, -0.1) is 0 Å². The number of rotatable bonds is 3. The molecule has 0 aliphatic heterocycles. The molecule has 21 heavy (non-hydrogen) atoms. The molecule has 2 heterocycles. The number of imidazole rings is 1. The summed E-state index contributed by atoms with van der Waals surface area (Å²) in [4.78, 5) is 23.8. The molecule has 0 saturated carbocycles. The Morgan fingerprint density at radius 2 is 2.05 bits per heavy atom. The standard InChI is InChI=1S/C16H16N4O/c1-3-7-13-10-17-14-15(18-13)20(16(21)19-14)11(2)12-8-5-4-6-9-12/h3-11H,1-2H3,(H,17,19,21). The number of H-pyrrole nitrogens is 1. The van der Waals surface area contributed by atoms with E-state index in [1.54, 1.807) is 10.8 Å². The first-order valence-electron chi connectivity index (χ1n) is 6.85. The summed E-state index contributed by atoms with van der Waals surface area (Å²) in [6.07, 6.45) is 5.41. The van der Waals surface area contributed by atoms with Crippen LogP contribution in [0.25, 0.3) is 17.4 Å². The summed E-state index contributed by atoms with van der Waals surface area (Å²) < 4.78 is 1.64. The van der Waals surface area contributed by atoms with Crippen LogP contribution in [-0.4, -0.2) is 19.5 Å². The van der Waals surface area contributed by atoms with Gasteiger partial charge in [-0.05, 0) is 25.5 Å². The minimum atomic E-state index is -0.195. The molecular weight excluding hydrogens is 264 g/mol. The van der Waals surface area contributed by atoms with Crippen LogP contribution >= 0.6 is 0 Å². The minimum Gasteiger partial charge on any atom is -0.289 e. The van der Waals surface area contributed by atoms with E-state index < -0.39 is 0 Å². The van der Waals surface area contributed by atoms with E-state index in [1.165, 1.54) is 0 Å². The second kappa shape index (κ2) is 5.36. The third-order valence-electron chi connectivity index (χ3n) is 3.45. The molecular formula is C16H16N4O. The molecule has 0 aliphatic rings. The molecule has 0 bridgehead atoms. The highest BCUT2D eigenvalue weighted by atomic mass is 16.1. The van der Waals surface area contributed by atoms with E-state index in [0.29, 0.717) is 11.3 Å². The molecule has 0 spiro atoms. The van der Waals surface area contributed by atoms with Crippen molar-refractivity contribution in [1.82, 2.24) is 19.5 Å². The van der Waals surface area contributed by atoms with Crippen molar-refractivity contribution in [1.29, 1.82) is 0 Å². The molecule has 0 fully saturated rings. The molecule has 1 N–H and O–H groups in total. The van der Waals surface area contributed by atoms with E-state index in [0.717, 1.165) is 11.3 Å². The van der Waals surface area contributed by atoms with Gasteiger partial charge >= 0.3 is 5.69 Å². The van der Waals surface area contributed by atoms with Gasteiger partial charge in [0.1, 0.15) is 0 Å². The lowest BCUT2D eigenvalue weighted by molar-refractivity contribution is 0.630. The average molecular weight is 280 g/mol. The van der Waals surface area contributed by atoms with Crippen molar-refractivity contribution < 1.29 is 0 Å². The fourth-order valence-electron chi connectivity index (χ4n) is 2.40. The monoisotopic (exact) mass is 280 g/mol. The molecule has 2 aromatic heterocycles. The maximum absolute atomic E-state index is 12.2. The number of fused-ring (bicyclic) bond motifs is 1. The number of hydrogen-bond donors (Lipinski definition) is 1. The van der Waals surface area contributed by atoms with E-state index in [-0.39, 0.29) is 11.7 Å². The number of hydrogen-bond acceptors (Lipinski definition) is 3. The van der Waals surface area contributed by atoms with Crippen molar-refractivity contribution in [3.63, 3.8) is 0 Å². The molecule has 3 aromatic rings. The van der Waals surface area contributed by atoms with Crippen LogP contribution in [0.4, 0.5) is 0 Å². The van der Waals surface area contributed by atoms with E-state index in [2.05, 4.69) is 15.0 Å². The molecule has 1 unspecified atom stereocenters. The van der Waals surface area contributed by atoms with Crippen LogP contribution in [0.1, 0.15) is 31.1 Å². The fourth-order valence-corrected chi connectivity index (χ4v) is 2.40. The smallest absolute Gasteiger partial charge is 0.289 e. The number of benzene rings is 1. The van der Waals surface area contributed by atoms with Gasteiger partial charge in [-0.25, -0.2) is 14.8 Å². The third kappa shape index (κ3) is 2.38. The zero-order chi connectivity index (χ0) is 14.8. The quantitative estimate of drug-likeness (QED) is 0.802. The van der Waals surface area contributed by atoms with Crippen LogP contribution in [0.3, 0.4) is 0 Å². The van der Waals surface area contributed by atoms with Crippen molar-refractivity contribution in [2.24, 2.45) is 0 Å². The Balaban J connectivity index is 2.19. The second-order valence-corrected chi connectivity index (χ2v) is 4.85. The fraction of sp³-hybridized carbons (Fsp3) is 0.188. The summed E-state index contributed by atoms with van der Waals surface area (Å²) >= 11 is 0. The van der Waals surface area contributed by atoms with Gasteiger partial charge in [0.2, 0.25) is 0 Å². The summed E-state index contributed by atoms with van der Waals surface area (Å²) in [5, 5.41) is 0. The minimum absolute atomic E-state index is 0.109. The Hall–Kier alpha value is -2.69. The molecule has 0 saturated heterocycles. The summed E-state index contributed by atoms with van der Waals surface area (Å²) in [6.45, 7) is 3.90. The number of nitrogens with one attached hydrogen (secondary N) is 1. The molecule has 0 aliphatic carbocycles. The molecule has 5 nitrogen and oxygen atoms in total. The van der Waals surface area contributed by atoms with Gasteiger partial charge < -0.3 is 0 Å². The Morgan fingerprint density at radius 3 is 2.76 bits per heavy atom. The van der Waals surface area contributed by atoms with Crippen LogP contribution in [0.5, 0.6) is 0 Å². The van der Waals surface area contributed by atoms with Crippen molar-refractivity contribution in [2.75, 3.05) is 0 Å². The molecule has 1 aromatic carbocycles. The van der Waals surface area contributed by atoms with E-state index in [9.17, 15) is 4.79 Å². The van der Waals surface area contributed by atoms with Crippen LogP contribution in [0.2, 0.25) is 0 Å². The average Bonchev–Trinajstić information content (AvgIpc) is 2.83. The van der Waals surface area contributed by atoms with Gasteiger partial charge in [0.25, 0.3) is 0 Å². The van der Waals surface area contributed by atoms with Gasteiger partial charge in [-0.1, -0.05) is 36.4 Å². The Kier molecular flexibility index (Phi) is 3.39. The molecule has 1 atom stereocenters. The maximum Gasteiger partial charge on any atom is 0.329 e. The lowest BCUT2D eigenvalue weighted by atomic mass is 10.1. The first-order chi connectivity index (χ1) is 10.2. The number of aromatic amines is 1. The highest BCUT2D eigenvalue weighted by molar-refractivity contribution is 5.67. The summed E-state index contributed by atoms with van der Waals surface area (Å²) in [6, 6.07) is 9.77. The van der Waals surface area contributed by atoms with Crippen molar-refractivity contribution in [3.05, 3.63) is 64.3 Å². The first-order valence-corrected chi connectivity index (χ1v) is 6.85. The SMILES string of the molecule is CC=Cc1cnc2[nH]c(=O)n(C(C)c3ccccc3)c2n1. The topological polar surface area (TPSA) is 63.6 Å². The lowest BCUT2D eigenvalue weighted by Crippen LogP contribution is -2.21. The normalized spacial score (nSPS) is 13.0. The Labute approximate surface area is 122 Å². The number of aromatic nitrogens is 4. The summed E-state index contributed by atoms with van der Waals surface area (Å²) in [5.41, 5.74) is 2.68. The first kappa shape index (κ1) is 13.3. The lowest BCUT2D eigenvalue weighted by Gasteiger charge is -2.13. The van der Waals surface area contributed by atoms with Crippen molar-refractivity contribution in [2.45, 2.75) is 19.9 Å². The molecule has 0 amide bonds. The van der Waals surface area contributed by atoms with E-state index in [1.807, 2.05) is 56.3 Å². The van der Waals surface area contributed by atoms with Crippen LogP contribution < -0.4 is 5.69 Å². The number of nitrogens with zero attached hydrogens (tertiary/aromatic N) is 3. The number of allylic oxidation sites excluding steroid dienone is 1. The predicted molar refractivity (Wildman–Crippen MR) is 83.1 cm³/mol. The van der Waals surface area contributed by atoms with Gasteiger partial charge in [-0.2, -0.15) is 0 Å². The van der Waals surface area contributed by atoms with Gasteiger partial charge in [0.05, 0.1) is 17.9 Å². The summed E-state index contributed by atoms with van der Waals surface area (Å²) in [7, 11) is 0. The van der Waals surface area contributed by atoms with Gasteiger partial charge in [-0.3, -0.25) is 9.55 Å². The van der Waals surface area contributed by atoms with Crippen molar-refractivity contribution in [3.8, 4) is 0 Å². The highest BCUT2D eigenvalue weighted by Crippen LogP contribution is 2.19. The zero-order valence-corrected chi connectivity index (χ0v) is 11.9. The van der Waals surface area contributed by atoms with E-state index >= 15 is 0 Å². The predicted octanol–water partition coefficient (Wildman–Crippen LogP) is 2.76. The summed E-state index contributed by atoms with van der Waals surface area (Å²) in [5.74, 6) is 0. The van der Waals surface area contributed by atoms with Crippen LogP contribution in [0.15, 0.2) is 47.4 Å². The second-order valence-electron chi connectivity index (χ2n) is 4.85. The molecule has 3 rings (SSSR count). The van der Waals surface area contributed by atoms with E-state index in [4.69, 9.17) is 0 Å². The highest BCUT2D eigenvalue weighted by Gasteiger charge is 2.16. The van der Waals surface area contributed by atoms with Crippen molar-refractivity contribution >= 4 is 17.4 Å². The third-order valence-corrected chi connectivity index (χ3v) is 3.45. The largest absolute Gasteiger partial charge is 0.329 e. The molecule has 0 radical (unpaired) electrons. The Morgan fingerprint density at radius 1 is 1.29 bits per heavy atom. The maximum atomic E-state index is 12.2. The Bertz CT molecular complexity index is 846. The van der Waals surface area contributed by atoms with Crippen LogP contribution in [-0.2, 0) is 0 Å². The van der Waals surface area contributed by atoms with Crippen LogP contribution in [0, 0.1) is 0 Å². The molecule has 106 valence electrons. The zero-order valence-electron chi connectivity index (χ0n) is 11.9.